The van der Waals surface area contributed by atoms with Gasteiger partial charge in [0.05, 0.1) is 4.90 Å². The molecular weight excluding hydrogens is 284 g/mol. The SMILES string of the molecule is CNS(=O)(=O)c1cccc(N2CC(CS)CC2=O)c1. The van der Waals surface area contributed by atoms with Crippen LogP contribution in [0.15, 0.2) is 29.2 Å². The van der Waals surface area contributed by atoms with Crippen LogP contribution in [-0.4, -0.2) is 33.7 Å². The molecule has 1 aromatic rings. The van der Waals surface area contributed by atoms with E-state index in [1.165, 1.54) is 19.2 Å². The molecule has 1 heterocycles. The molecule has 2 rings (SSSR count). The van der Waals surface area contributed by atoms with Gasteiger partial charge in [0.2, 0.25) is 15.9 Å². The van der Waals surface area contributed by atoms with Crippen LogP contribution in [0.3, 0.4) is 0 Å². The second-order valence-corrected chi connectivity index (χ2v) is 6.71. The largest absolute Gasteiger partial charge is 0.312 e. The predicted octanol–water partition coefficient (Wildman–Crippen LogP) is 0.877. The van der Waals surface area contributed by atoms with Gasteiger partial charge in [0.15, 0.2) is 0 Å². The Morgan fingerprint density at radius 1 is 1.47 bits per heavy atom. The summed E-state index contributed by atoms with van der Waals surface area (Å²) in [7, 11) is -2.13. The number of nitrogens with zero attached hydrogens (tertiary/aromatic N) is 1. The zero-order chi connectivity index (χ0) is 14.0. The quantitative estimate of drug-likeness (QED) is 0.811. The molecule has 1 aliphatic rings. The highest BCUT2D eigenvalue weighted by Gasteiger charge is 2.30. The average Bonchev–Trinajstić information content (AvgIpc) is 2.80. The minimum absolute atomic E-state index is 0.0121. The van der Waals surface area contributed by atoms with E-state index in [1.54, 1.807) is 17.0 Å². The summed E-state index contributed by atoms with van der Waals surface area (Å²) >= 11 is 4.21. The lowest BCUT2D eigenvalue weighted by molar-refractivity contribution is -0.117. The first-order valence-corrected chi connectivity index (χ1v) is 8.04. The topological polar surface area (TPSA) is 66.5 Å². The van der Waals surface area contributed by atoms with E-state index in [0.29, 0.717) is 24.4 Å². The Labute approximate surface area is 118 Å². The molecule has 1 amide bonds. The predicted molar refractivity (Wildman–Crippen MR) is 77.0 cm³/mol. The molecule has 1 fully saturated rings. The lowest BCUT2D eigenvalue weighted by Crippen LogP contribution is -2.25. The summed E-state index contributed by atoms with van der Waals surface area (Å²) in [5.41, 5.74) is 0.616. The maximum absolute atomic E-state index is 11.9. The van der Waals surface area contributed by atoms with Crippen LogP contribution in [0.5, 0.6) is 0 Å². The Kier molecular flexibility index (Phi) is 4.17. The smallest absolute Gasteiger partial charge is 0.240 e. The van der Waals surface area contributed by atoms with Crippen LogP contribution in [0, 0.1) is 5.92 Å². The number of sulfonamides is 1. The highest BCUT2D eigenvalue weighted by molar-refractivity contribution is 7.89. The van der Waals surface area contributed by atoms with Gasteiger partial charge in [-0.25, -0.2) is 13.1 Å². The molecule has 0 aromatic heterocycles. The van der Waals surface area contributed by atoms with Crippen LogP contribution >= 0.6 is 12.6 Å². The van der Waals surface area contributed by atoms with Crippen molar-refractivity contribution in [3.8, 4) is 0 Å². The molecule has 0 radical (unpaired) electrons. The monoisotopic (exact) mass is 300 g/mol. The first kappa shape index (κ1) is 14.4. The summed E-state index contributed by atoms with van der Waals surface area (Å²) in [6, 6.07) is 6.41. The van der Waals surface area contributed by atoms with Crippen LogP contribution in [0.4, 0.5) is 5.69 Å². The summed E-state index contributed by atoms with van der Waals surface area (Å²) in [6.07, 6.45) is 0.465. The number of hydrogen-bond donors (Lipinski definition) is 2. The van der Waals surface area contributed by atoms with Crippen molar-refractivity contribution < 1.29 is 13.2 Å². The zero-order valence-corrected chi connectivity index (χ0v) is 12.2. The molecule has 7 heteroatoms. The molecular formula is C12H16N2O3S2. The number of benzene rings is 1. The van der Waals surface area contributed by atoms with Crippen molar-refractivity contribution in [2.75, 3.05) is 24.2 Å². The number of thiol groups is 1. The van der Waals surface area contributed by atoms with E-state index in [2.05, 4.69) is 17.4 Å². The van der Waals surface area contributed by atoms with E-state index in [-0.39, 0.29) is 16.7 Å². The highest BCUT2D eigenvalue weighted by Crippen LogP contribution is 2.27. The van der Waals surface area contributed by atoms with Crippen molar-refractivity contribution in [3.05, 3.63) is 24.3 Å². The summed E-state index contributed by atoms with van der Waals surface area (Å²) < 4.78 is 25.7. The molecule has 0 aliphatic carbocycles. The molecule has 1 aliphatic heterocycles. The van der Waals surface area contributed by atoms with Gasteiger partial charge in [0.25, 0.3) is 0 Å². The fourth-order valence-corrected chi connectivity index (χ4v) is 3.10. The van der Waals surface area contributed by atoms with E-state index in [1.807, 2.05) is 0 Å². The average molecular weight is 300 g/mol. The number of hydrogen-bond acceptors (Lipinski definition) is 4. The fourth-order valence-electron chi connectivity index (χ4n) is 2.09. The minimum Gasteiger partial charge on any atom is -0.312 e. The molecule has 1 aromatic carbocycles. The van der Waals surface area contributed by atoms with E-state index < -0.39 is 10.0 Å². The number of anilines is 1. The van der Waals surface area contributed by atoms with E-state index in [4.69, 9.17) is 0 Å². The summed E-state index contributed by atoms with van der Waals surface area (Å²) in [5, 5.41) is 0. The van der Waals surface area contributed by atoms with Gasteiger partial charge in [-0.05, 0) is 36.9 Å². The summed E-state index contributed by atoms with van der Waals surface area (Å²) in [5.74, 6) is 0.884. The van der Waals surface area contributed by atoms with Crippen molar-refractivity contribution in [3.63, 3.8) is 0 Å². The number of carbonyl (C=O) groups excluding carboxylic acids is 1. The highest BCUT2D eigenvalue weighted by atomic mass is 32.2. The Hall–Kier alpha value is -1.05. The van der Waals surface area contributed by atoms with Gasteiger partial charge < -0.3 is 4.90 Å². The van der Waals surface area contributed by atoms with Crippen molar-refractivity contribution in [2.24, 2.45) is 5.92 Å². The van der Waals surface area contributed by atoms with E-state index in [9.17, 15) is 13.2 Å². The van der Waals surface area contributed by atoms with Crippen LogP contribution in [0.1, 0.15) is 6.42 Å². The third-order valence-corrected chi connectivity index (χ3v) is 5.10. The second-order valence-electron chi connectivity index (χ2n) is 4.46. The van der Waals surface area contributed by atoms with Crippen LogP contribution in [0.25, 0.3) is 0 Å². The van der Waals surface area contributed by atoms with Crippen LogP contribution < -0.4 is 9.62 Å². The van der Waals surface area contributed by atoms with E-state index in [0.717, 1.165) is 0 Å². The molecule has 0 saturated carbocycles. The van der Waals surface area contributed by atoms with Crippen LogP contribution in [-0.2, 0) is 14.8 Å². The second kappa shape index (κ2) is 5.52. The normalized spacial score (nSPS) is 20.0. The van der Waals surface area contributed by atoms with Crippen molar-refractivity contribution >= 4 is 34.2 Å². The number of carbonyl (C=O) groups is 1. The first-order chi connectivity index (χ1) is 8.97. The molecule has 19 heavy (non-hydrogen) atoms. The lowest BCUT2D eigenvalue weighted by atomic mass is 10.1. The number of nitrogens with one attached hydrogen (secondary N) is 1. The maximum atomic E-state index is 11.9. The molecule has 1 saturated heterocycles. The van der Waals surface area contributed by atoms with Crippen molar-refractivity contribution in [2.45, 2.75) is 11.3 Å². The molecule has 0 spiro atoms. The van der Waals surface area contributed by atoms with Gasteiger partial charge in [-0.1, -0.05) is 6.07 Å². The van der Waals surface area contributed by atoms with Gasteiger partial charge in [0.1, 0.15) is 0 Å². The molecule has 0 bridgehead atoms. The standard InChI is InChI=1S/C12H16N2O3S2/c1-13-19(16,17)11-4-2-3-10(6-11)14-7-9(8-18)5-12(14)15/h2-4,6,9,13,18H,5,7-8H2,1H3. The summed E-state index contributed by atoms with van der Waals surface area (Å²) in [4.78, 5) is 13.7. The Balaban J connectivity index is 2.32. The Morgan fingerprint density at radius 3 is 2.79 bits per heavy atom. The van der Waals surface area contributed by atoms with Gasteiger partial charge in [-0.2, -0.15) is 12.6 Å². The van der Waals surface area contributed by atoms with Gasteiger partial charge in [-0.15, -0.1) is 0 Å². The molecule has 5 nitrogen and oxygen atoms in total. The van der Waals surface area contributed by atoms with Gasteiger partial charge in [0, 0.05) is 18.7 Å². The summed E-state index contributed by atoms with van der Waals surface area (Å²) in [6.45, 7) is 0.589. The van der Waals surface area contributed by atoms with Gasteiger partial charge in [-0.3, -0.25) is 4.79 Å². The number of rotatable bonds is 4. The van der Waals surface area contributed by atoms with Crippen LogP contribution in [0.2, 0.25) is 0 Å². The molecule has 1 atom stereocenters. The van der Waals surface area contributed by atoms with Crippen molar-refractivity contribution in [1.82, 2.24) is 4.72 Å². The zero-order valence-electron chi connectivity index (χ0n) is 10.5. The Bertz CT molecular complexity index is 586. The number of amides is 1. The maximum Gasteiger partial charge on any atom is 0.240 e. The lowest BCUT2D eigenvalue weighted by Gasteiger charge is -2.17. The first-order valence-electron chi connectivity index (χ1n) is 5.93. The van der Waals surface area contributed by atoms with E-state index >= 15 is 0 Å². The van der Waals surface area contributed by atoms with Gasteiger partial charge >= 0.3 is 0 Å². The third-order valence-electron chi connectivity index (χ3n) is 3.17. The fraction of sp³-hybridized carbons (Fsp3) is 0.417. The molecule has 1 unspecified atom stereocenters. The molecule has 104 valence electrons. The Morgan fingerprint density at radius 2 is 2.21 bits per heavy atom. The molecule has 1 N–H and O–H groups in total. The minimum atomic E-state index is -3.49. The van der Waals surface area contributed by atoms with Crippen molar-refractivity contribution in [1.29, 1.82) is 0 Å². The third kappa shape index (κ3) is 2.93.